The van der Waals surface area contributed by atoms with Crippen molar-refractivity contribution in [2.45, 2.75) is 91.8 Å². The zero-order valence-corrected chi connectivity index (χ0v) is 24.8. The predicted molar refractivity (Wildman–Crippen MR) is 151 cm³/mol. The lowest BCUT2D eigenvalue weighted by molar-refractivity contribution is -0.144. The van der Waals surface area contributed by atoms with Crippen LogP contribution in [0.2, 0.25) is 0 Å². The largest absolute Gasteiger partial charge is 0.466 e. The van der Waals surface area contributed by atoms with Gasteiger partial charge < -0.3 is 25.0 Å². The minimum absolute atomic E-state index is 0.0163. The van der Waals surface area contributed by atoms with Gasteiger partial charge in [0, 0.05) is 18.8 Å². The van der Waals surface area contributed by atoms with Gasteiger partial charge in [-0.05, 0) is 64.7 Å². The van der Waals surface area contributed by atoms with Crippen molar-refractivity contribution in [3.63, 3.8) is 0 Å². The van der Waals surface area contributed by atoms with Crippen LogP contribution >= 0.6 is 12.6 Å². The second-order valence-electron chi connectivity index (χ2n) is 10.2. The molecule has 0 saturated heterocycles. The number of hydrogen-bond acceptors (Lipinski definition) is 7. The van der Waals surface area contributed by atoms with Crippen LogP contribution in [-0.4, -0.2) is 65.9 Å². The molecule has 2 atom stereocenters. The van der Waals surface area contributed by atoms with Gasteiger partial charge in [0.25, 0.3) is 0 Å². The lowest BCUT2D eigenvalue weighted by Gasteiger charge is -2.34. The molecule has 0 aromatic heterocycles. The van der Waals surface area contributed by atoms with Gasteiger partial charge in [0.15, 0.2) is 0 Å². The zero-order valence-electron chi connectivity index (χ0n) is 23.9. The van der Waals surface area contributed by atoms with Gasteiger partial charge in [-0.2, -0.15) is 12.6 Å². The molecule has 2 N–H and O–H groups in total. The molecule has 1 aromatic carbocycles. The maximum absolute atomic E-state index is 13.9. The van der Waals surface area contributed by atoms with Gasteiger partial charge in [-0.1, -0.05) is 38.0 Å². The molecule has 2 unspecified atom stereocenters. The van der Waals surface area contributed by atoms with E-state index in [1.165, 1.54) is 4.90 Å². The first-order valence-electron chi connectivity index (χ1n) is 13.3. The van der Waals surface area contributed by atoms with E-state index >= 15 is 0 Å². The third-order valence-electron chi connectivity index (χ3n) is 5.80. The predicted octanol–water partition coefficient (Wildman–Crippen LogP) is 4.26. The van der Waals surface area contributed by atoms with E-state index in [0.717, 1.165) is 24.0 Å². The number of rotatable bonds is 14. The highest BCUT2D eigenvalue weighted by Gasteiger charge is 2.35. The molecular weight excluding hydrogens is 506 g/mol. The van der Waals surface area contributed by atoms with Crippen LogP contribution in [-0.2, 0) is 23.9 Å². The van der Waals surface area contributed by atoms with Crippen LogP contribution in [0.1, 0.15) is 83.0 Å². The molecule has 0 aliphatic carbocycles. The van der Waals surface area contributed by atoms with Gasteiger partial charge in [-0.25, -0.2) is 4.79 Å². The summed E-state index contributed by atoms with van der Waals surface area (Å²) in [5, 5.41) is 5.40. The number of amides is 3. The fourth-order valence-corrected chi connectivity index (χ4v) is 4.01. The Hall–Kier alpha value is -2.75. The van der Waals surface area contributed by atoms with E-state index in [4.69, 9.17) is 9.47 Å². The molecule has 0 heterocycles. The van der Waals surface area contributed by atoms with Gasteiger partial charge in [0.05, 0.1) is 13.0 Å². The minimum atomic E-state index is -1.00. The monoisotopic (exact) mass is 551 g/mol. The summed E-state index contributed by atoms with van der Waals surface area (Å²) in [6.07, 6.45) is 1.74. The van der Waals surface area contributed by atoms with E-state index in [0.29, 0.717) is 18.5 Å². The molecule has 0 aliphatic heterocycles. The molecule has 0 radical (unpaired) electrons. The smallest absolute Gasteiger partial charge is 0.408 e. The fraction of sp³-hybridized carbons (Fsp3) is 0.643. The highest BCUT2D eigenvalue weighted by molar-refractivity contribution is 7.80. The van der Waals surface area contributed by atoms with Crippen molar-refractivity contribution >= 4 is 36.5 Å². The lowest BCUT2D eigenvalue weighted by Crippen LogP contribution is -2.54. The number of alkyl carbamates (subject to hydrolysis) is 1. The summed E-state index contributed by atoms with van der Waals surface area (Å²) in [6, 6.07) is 3.66. The number of nitrogens with one attached hydrogen (secondary N) is 2. The number of carbonyl (C=O) groups is 4. The molecule has 0 spiro atoms. The SMILES string of the molecule is CCCCCN(C(=O)C(CS)NC(=O)OC(C)(C)C)C(C(=O)NCCC(=O)OCC)c1ccc(C)c(C)c1. The van der Waals surface area contributed by atoms with Crippen molar-refractivity contribution in [3.8, 4) is 0 Å². The topological polar surface area (TPSA) is 114 Å². The number of ether oxygens (including phenoxy) is 2. The van der Waals surface area contributed by atoms with Crippen molar-refractivity contribution in [2.24, 2.45) is 0 Å². The third kappa shape index (κ3) is 11.3. The normalized spacial score (nSPS) is 12.7. The average molecular weight is 552 g/mol. The van der Waals surface area contributed by atoms with Gasteiger partial charge in [-0.3, -0.25) is 14.4 Å². The summed E-state index contributed by atoms with van der Waals surface area (Å²) in [5.74, 6) is -1.25. The van der Waals surface area contributed by atoms with E-state index in [-0.39, 0.29) is 25.3 Å². The number of benzene rings is 1. The summed E-state index contributed by atoms with van der Waals surface area (Å²) in [7, 11) is 0. The maximum Gasteiger partial charge on any atom is 0.408 e. The summed E-state index contributed by atoms with van der Waals surface area (Å²) in [6.45, 7) is 13.5. The molecule has 1 rings (SSSR count). The molecule has 0 bridgehead atoms. The highest BCUT2D eigenvalue weighted by Crippen LogP contribution is 2.26. The van der Waals surface area contributed by atoms with Crippen molar-refractivity contribution < 1.29 is 28.7 Å². The summed E-state index contributed by atoms with van der Waals surface area (Å²) >= 11 is 4.31. The molecular formula is C28H45N3O6S. The van der Waals surface area contributed by atoms with Crippen LogP contribution in [0.4, 0.5) is 4.79 Å². The lowest BCUT2D eigenvalue weighted by atomic mass is 9.98. The van der Waals surface area contributed by atoms with Crippen LogP contribution in [0.15, 0.2) is 18.2 Å². The van der Waals surface area contributed by atoms with Crippen molar-refractivity contribution in [3.05, 3.63) is 34.9 Å². The Kier molecular flexibility index (Phi) is 14.2. The molecule has 0 fully saturated rings. The van der Waals surface area contributed by atoms with Crippen molar-refractivity contribution in [2.75, 3.05) is 25.4 Å². The summed E-state index contributed by atoms with van der Waals surface area (Å²) in [5.41, 5.74) is 1.93. The van der Waals surface area contributed by atoms with Crippen LogP contribution in [0, 0.1) is 13.8 Å². The quantitative estimate of drug-likeness (QED) is 0.181. The zero-order chi connectivity index (χ0) is 28.9. The second-order valence-corrected chi connectivity index (χ2v) is 10.6. The van der Waals surface area contributed by atoms with E-state index in [1.54, 1.807) is 27.7 Å². The van der Waals surface area contributed by atoms with Crippen LogP contribution < -0.4 is 10.6 Å². The van der Waals surface area contributed by atoms with E-state index < -0.39 is 41.6 Å². The van der Waals surface area contributed by atoms with Crippen LogP contribution in [0.3, 0.4) is 0 Å². The number of nitrogens with zero attached hydrogens (tertiary/aromatic N) is 1. The minimum Gasteiger partial charge on any atom is -0.466 e. The number of carbonyl (C=O) groups excluding carboxylic acids is 4. The molecule has 0 aliphatic rings. The van der Waals surface area contributed by atoms with E-state index in [9.17, 15) is 19.2 Å². The molecule has 3 amide bonds. The summed E-state index contributed by atoms with van der Waals surface area (Å²) < 4.78 is 10.3. The van der Waals surface area contributed by atoms with Gasteiger partial charge in [-0.15, -0.1) is 0 Å². The molecule has 1 aromatic rings. The first-order valence-corrected chi connectivity index (χ1v) is 13.9. The van der Waals surface area contributed by atoms with E-state index in [1.807, 2.05) is 32.0 Å². The Balaban J connectivity index is 3.37. The highest BCUT2D eigenvalue weighted by atomic mass is 32.1. The Labute approximate surface area is 232 Å². The first kappa shape index (κ1) is 33.3. The Morgan fingerprint density at radius 1 is 1.05 bits per heavy atom. The number of hydrogen-bond donors (Lipinski definition) is 3. The van der Waals surface area contributed by atoms with Crippen molar-refractivity contribution in [1.82, 2.24) is 15.5 Å². The molecule has 214 valence electrons. The number of unbranched alkanes of at least 4 members (excludes halogenated alkanes) is 2. The van der Waals surface area contributed by atoms with Gasteiger partial charge >= 0.3 is 12.1 Å². The van der Waals surface area contributed by atoms with Crippen molar-refractivity contribution in [1.29, 1.82) is 0 Å². The first-order chi connectivity index (χ1) is 17.8. The number of aryl methyl sites for hydroxylation is 2. The number of esters is 1. The molecule has 38 heavy (non-hydrogen) atoms. The number of thiol groups is 1. The maximum atomic E-state index is 13.9. The van der Waals surface area contributed by atoms with Crippen LogP contribution in [0.25, 0.3) is 0 Å². The standard InChI is InChI=1S/C28H45N3O6S/c1-8-10-11-16-31(26(34)22(18-38)30-27(35)37-28(5,6)7)24(21-13-12-19(3)20(4)17-21)25(33)29-15-14-23(32)36-9-2/h12-13,17,22,24,38H,8-11,14-16,18H2,1-7H3,(H,29,33)(H,30,35). The Morgan fingerprint density at radius 2 is 1.74 bits per heavy atom. The van der Waals surface area contributed by atoms with Gasteiger partial charge in [0.1, 0.15) is 17.7 Å². The Bertz CT molecular complexity index is 947. The second kappa shape index (κ2) is 16.3. The van der Waals surface area contributed by atoms with Crippen LogP contribution in [0.5, 0.6) is 0 Å². The molecule has 0 saturated carbocycles. The van der Waals surface area contributed by atoms with Gasteiger partial charge in [0.2, 0.25) is 11.8 Å². The molecule has 9 nitrogen and oxygen atoms in total. The molecule has 10 heteroatoms. The Morgan fingerprint density at radius 3 is 2.29 bits per heavy atom. The summed E-state index contributed by atoms with van der Waals surface area (Å²) in [4.78, 5) is 53.2. The van der Waals surface area contributed by atoms with E-state index in [2.05, 4.69) is 30.2 Å². The fourth-order valence-electron chi connectivity index (χ4n) is 3.76. The third-order valence-corrected chi connectivity index (χ3v) is 6.16. The average Bonchev–Trinajstić information content (AvgIpc) is 2.82.